The van der Waals surface area contributed by atoms with E-state index < -0.39 is 5.72 Å². The van der Waals surface area contributed by atoms with E-state index in [0.717, 1.165) is 0 Å². The fourth-order valence-corrected chi connectivity index (χ4v) is 1.03. The minimum atomic E-state index is -1.64. The molecule has 0 aliphatic heterocycles. The number of phenols is 1. The molecule has 1 aromatic carbocycles. The van der Waals surface area contributed by atoms with E-state index in [0.29, 0.717) is 11.8 Å². The minimum absolute atomic E-state index is 0.127. The van der Waals surface area contributed by atoms with E-state index in [2.05, 4.69) is 0 Å². The van der Waals surface area contributed by atoms with Crippen molar-refractivity contribution >= 4 is 6.29 Å². The summed E-state index contributed by atoms with van der Waals surface area (Å²) >= 11 is 0. The Morgan fingerprint density at radius 3 is 2.62 bits per heavy atom. The van der Waals surface area contributed by atoms with Gasteiger partial charge in [0.15, 0.2) is 0 Å². The minimum Gasteiger partial charge on any atom is -0.508 e. The normalized spacial score (nSPS) is 15.0. The Hall–Kier alpha value is -1.39. The van der Waals surface area contributed by atoms with Crippen LogP contribution in [0.2, 0.25) is 0 Å². The molecular weight excluding hydrogens is 170 g/mol. The highest BCUT2D eigenvalue weighted by molar-refractivity contribution is 5.75. The molecule has 0 aromatic heterocycles. The summed E-state index contributed by atoms with van der Waals surface area (Å²) in [6.07, 6.45) is 0.620. The van der Waals surface area contributed by atoms with Crippen molar-refractivity contribution in [3.8, 4) is 5.75 Å². The Morgan fingerprint density at radius 1 is 1.54 bits per heavy atom. The summed E-state index contributed by atoms with van der Waals surface area (Å²) in [5.74, 6) is -0.127. The first kappa shape index (κ1) is 9.70. The van der Waals surface area contributed by atoms with Gasteiger partial charge in [-0.05, 0) is 25.1 Å². The van der Waals surface area contributed by atoms with Crippen LogP contribution in [0, 0.1) is 0 Å². The summed E-state index contributed by atoms with van der Waals surface area (Å²) < 4.78 is 0. The Morgan fingerprint density at radius 2 is 2.15 bits per heavy atom. The van der Waals surface area contributed by atoms with Crippen LogP contribution in [0.1, 0.15) is 22.8 Å². The van der Waals surface area contributed by atoms with E-state index >= 15 is 0 Å². The molecule has 4 nitrogen and oxygen atoms in total. The molecule has 0 amide bonds. The summed E-state index contributed by atoms with van der Waals surface area (Å²) in [5.41, 5.74) is 4.22. The number of hydrogen-bond acceptors (Lipinski definition) is 4. The predicted octanol–water partition coefficient (Wildman–Crippen LogP) is 0.328. The molecule has 0 fully saturated rings. The summed E-state index contributed by atoms with van der Waals surface area (Å²) in [4.78, 5) is 10.4. The third-order valence-electron chi connectivity index (χ3n) is 1.70. The third kappa shape index (κ3) is 2.05. The molecule has 4 N–H and O–H groups in total. The third-order valence-corrected chi connectivity index (χ3v) is 1.70. The van der Waals surface area contributed by atoms with Gasteiger partial charge in [0.2, 0.25) is 0 Å². The Balaban J connectivity index is 3.27. The van der Waals surface area contributed by atoms with E-state index in [1.165, 1.54) is 25.1 Å². The van der Waals surface area contributed by atoms with Crippen molar-refractivity contribution in [2.75, 3.05) is 0 Å². The molecule has 1 aromatic rings. The van der Waals surface area contributed by atoms with Gasteiger partial charge in [-0.3, -0.25) is 10.5 Å². The average Bonchev–Trinajstić information content (AvgIpc) is 2.03. The number of nitrogens with two attached hydrogens (primary N) is 1. The molecule has 70 valence electrons. The maximum atomic E-state index is 10.4. The smallest absolute Gasteiger partial charge is 0.150 e. The van der Waals surface area contributed by atoms with Crippen LogP contribution in [0.15, 0.2) is 18.2 Å². The second-order valence-corrected chi connectivity index (χ2v) is 3.04. The molecule has 0 heterocycles. The van der Waals surface area contributed by atoms with E-state index in [9.17, 15) is 15.0 Å². The number of rotatable bonds is 2. The van der Waals surface area contributed by atoms with Crippen molar-refractivity contribution in [3.63, 3.8) is 0 Å². The van der Waals surface area contributed by atoms with Crippen LogP contribution in [-0.4, -0.2) is 16.5 Å². The number of carbonyl (C=O) groups excluding carboxylic acids is 1. The zero-order valence-electron chi connectivity index (χ0n) is 7.19. The highest BCUT2D eigenvalue weighted by Gasteiger charge is 2.20. The molecule has 0 saturated carbocycles. The number of aliphatic hydroxyl groups is 1. The van der Waals surface area contributed by atoms with Gasteiger partial charge in [0.1, 0.15) is 17.8 Å². The standard InChI is InChI=1S/C9H11NO3/c1-9(10,13)7-4-6(5-11)2-3-8(7)12/h2-5,12-13H,10H2,1H3/t9-/m0/s1. The summed E-state index contributed by atoms with van der Waals surface area (Å²) in [6.45, 7) is 1.33. The molecular formula is C9H11NO3. The Bertz CT molecular complexity index is 328. The maximum absolute atomic E-state index is 10.4. The molecule has 0 spiro atoms. The zero-order valence-corrected chi connectivity index (χ0v) is 7.19. The van der Waals surface area contributed by atoms with Crippen molar-refractivity contribution < 1.29 is 15.0 Å². The molecule has 1 atom stereocenters. The van der Waals surface area contributed by atoms with Crippen LogP contribution < -0.4 is 5.73 Å². The fourth-order valence-electron chi connectivity index (χ4n) is 1.03. The molecule has 0 saturated heterocycles. The molecule has 0 aliphatic carbocycles. The monoisotopic (exact) mass is 181 g/mol. The van der Waals surface area contributed by atoms with Crippen molar-refractivity contribution in [1.82, 2.24) is 0 Å². The van der Waals surface area contributed by atoms with Gasteiger partial charge in [-0.2, -0.15) is 0 Å². The largest absolute Gasteiger partial charge is 0.508 e. The molecule has 1 rings (SSSR count). The van der Waals surface area contributed by atoms with Gasteiger partial charge in [0.25, 0.3) is 0 Å². The topological polar surface area (TPSA) is 83.5 Å². The van der Waals surface area contributed by atoms with Gasteiger partial charge in [-0.15, -0.1) is 0 Å². The second-order valence-electron chi connectivity index (χ2n) is 3.04. The van der Waals surface area contributed by atoms with Gasteiger partial charge in [-0.1, -0.05) is 0 Å². The lowest BCUT2D eigenvalue weighted by molar-refractivity contribution is 0.0620. The lowest BCUT2D eigenvalue weighted by Crippen LogP contribution is -2.32. The Kier molecular flexibility index (Phi) is 2.36. The van der Waals surface area contributed by atoms with Crippen molar-refractivity contribution in [1.29, 1.82) is 0 Å². The molecule has 0 aliphatic rings. The van der Waals surface area contributed by atoms with E-state index in [4.69, 9.17) is 5.73 Å². The first-order valence-corrected chi connectivity index (χ1v) is 3.75. The predicted molar refractivity (Wildman–Crippen MR) is 47.3 cm³/mol. The van der Waals surface area contributed by atoms with Crippen LogP contribution in [-0.2, 0) is 5.72 Å². The first-order valence-electron chi connectivity index (χ1n) is 3.75. The van der Waals surface area contributed by atoms with Crippen molar-refractivity contribution in [2.45, 2.75) is 12.6 Å². The van der Waals surface area contributed by atoms with Gasteiger partial charge in [-0.25, -0.2) is 0 Å². The van der Waals surface area contributed by atoms with Crippen LogP contribution in [0.4, 0.5) is 0 Å². The SMILES string of the molecule is C[C@](N)(O)c1cc(C=O)ccc1O. The van der Waals surface area contributed by atoms with E-state index in [1.54, 1.807) is 0 Å². The molecule has 13 heavy (non-hydrogen) atoms. The maximum Gasteiger partial charge on any atom is 0.150 e. The lowest BCUT2D eigenvalue weighted by atomic mass is 10.0. The first-order chi connectivity index (χ1) is 5.95. The summed E-state index contributed by atoms with van der Waals surface area (Å²) in [6, 6.07) is 4.11. The highest BCUT2D eigenvalue weighted by Crippen LogP contribution is 2.25. The van der Waals surface area contributed by atoms with Crippen LogP contribution in [0.25, 0.3) is 0 Å². The molecule has 0 unspecified atom stereocenters. The van der Waals surface area contributed by atoms with Crippen LogP contribution in [0.3, 0.4) is 0 Å². The van der Waals surface area contributed by atoms with Gasteiger partial charge in [0, 0.05) is 11.1 Å². The fraction of sp³-hybridized carbons (Fsp3) is 0.222. The zero-order chi connectivity index (χ0) is 10.1. The average molecular weight is 181 g/mol. The van der Waals surface area contributed by atoms with Crippen LogP contribution >= 0.6 is 0 Å². The lowest BCUT2D eigenvalue weighted by Gasteiger charge is -2.19. The molecule has 0 bridgehead atoms. The van der Waals surface area contributed by atoms with Gasteiger partial charge in [0.05, 0.1) is 0 Å². The number of phenolic OH excluding ortho intramolecular Hbond substituents is 1. The quantitative estimate of drug-likeness (QED) is 0.453. The number of hydrogen-bond donors (Lipinski definition) is 3. The van der Waals surface area contributed by atoms with E-state index in [1.807, 2.05) is 0 Å². The molecule has 4 heteroatoms. The summed E-state index contributed by atoms with van der Waals surface area (Å²) in [7, 11) is 0. The summed E-state index contributed by atoms with van der Waals surface area (Å²) in [5, 5.41) is 18.7. The molecule has 0 radical (unpaired) electrons. The Labute approximate surface area is 75.6 Å². The van der Waals surface area contributed by atoms with Crippen LogP contribution in [0.5, 0.6) is 5.75 Å². The second kappa shape index (κ2) is 3.16. The van der Waals surface area contributed by atoms with Gasteiger partial charge >= 0.3 is 0 Å². The number of benzene rings is 1. The van der Waals surface area contributed by atoms with Gasteiger partial charge < -0.3 is 10.2 Å². The van der Waals surface area contributed by atoms with Crippen molar-refractivity contribution in [2.24, 2.45) is 5.73 Å². The van der Waals surface area contributed by atoms with E-state index in [-0.39, 0.29) is 11.3 Å². The van der Waals surface area contributed by atoms with Crippen molar-refractivity contribution in [3.05, 3.63) is 29.3 Å². The number of aromatic hydroxyl groups is 1. The number of carbonyl (C=O) groups is 1. The number of aldehydes is 1. The highest BCUT2D eigenvalue weighted by atomic mass is 16.3.